The molecule has 0 atom stereocenters. The lowest BCUT2D eigenvalue weighted by molar-refractivity contribution is 0.340. The molecule has 0 aliphatic heterocycles. The number of rotatable bonds is 6. The monoisotopic (exact) mass is 308 g/mol. The van der Waals surface area contributed by atoms with Gasteiger partial charge in [-0.1, -0.05) is 24.3 Å². The van der Waals surface area contributed by atoms with Gasteiger partial charge in [0.25, 0.3) is 0 Å². The Bertz CT molecular complexity index is 787. The Morgan fingerprint density at radius 1 is 1.04 bits per heavy atom. The van der Waals surface area contributed by atoms with Crippen LogP contribution in [0.4, 0.5) is 5.82 Å². The minimum Gasteiger partial charge on any atom is -0.494 e. The fourth-order valence-corrected chi connectivity index (χ4v) is 2.41. The number of hydrogen-bond donors (Lipinski definition) is 2. The summed E-state index contributed by atoms with van der Waals surface area (Å²) in [6.45, 7) is 3.65. The summed E-state index contributed by atoms with van der Waals surface area (Å²) in [7, 11) is 0. The van der Waals surface area contributed by atoms with Crippen molar-refractivity contribution in [3.63, 3.8) is 0 Å². The van der Waals surface area contributed by atoms with Gasteiger partial charge in [0, 0.05) is 11.9 Å². The topological polar surface area (TPSA) is 73.1 Å². The zero-order chi connectivity index (χ0) is 16.1. The highest BCUT2D eigenvalue weighted by Crippen LogP contribution is 2.21. The Labute approximate surface area is 135 Å². The summed E-state index contributed by atoms with van der Waals surface area (Å²) in [4.78, 5) is 8.96. The van der Waals surface area contributed by atoms with Crippen LogP contribution in [0.15, 0.2) is 48.5 Å². The molecule has 0 aliphatic rings. The molecule has 2 aromatic carbocycles. The van der Waals surface area contributed by atoms with E-state index in [4.69, 9.17) is 10.5 Å². The molecule has 118 valence electrons. The van der Waals surface area contributed by atoms with E-state index in [0.29, 0.717) is 25.5 Å². The fourth-order valence-electron chi connectivity index (χ4n) is 2.41. The second kappa shape index (κ2) is 7.07. The van der Waals surface area contributed by atoms with Gasteiger partial charge in [0.15, 0.2) is 0 Å². The smallest absolute Gasteiger partial charge is 0.144 e. The Morgan fingerprint density at radius 2 is 1.83 bits per heavy atom. The normalized spacial score (nSPS) is 10.7. The van der Waals surface area contributed by atoms with Crippen LogP contribution >= 0.6 is 0 Å². The second-order valence-electron chi connectivity index (χ2n) is 5.14. The van der Waals surface area contributed by atoms with Gasteiger partial charge < -0.3 is 15.8 Å². The molecular formula is C18H20N4O. The zero-order valence-electron chi connectivity index (χ0n) is 13.1. The van der Waals surface area contributed by atoms with Crippen molar-refractivity contribution in [1.29, 1.82) is 0 Å². The second-order valence-corrected chi connectivity index (χ2v) is 5.14. The molecular weight excluding hydrogens is 288 g/mol. The molecule has 0 unspecified atom stereocenters. The van der Waals surface area contributed by atoms with Crippen molar-refractivity contribution in [3.05, 3.63) is 59.9 Å². The van der Waals surface area contributed by atoms with Crippen LogP contribution in [0.5, 0.6) is 5.75 Å². The quantitative estimate of drug-likeness (QED) is 0.732. The molecule has 23 heavy (non-hydrogen) atoms. The summed E-state index contributed by atoms with van der Waals surface area (Å²) < 4.78 is 5.46. The first kappa shape index (κ1) is 15.2. The predicted octanol–water partition coefficient (Wildman–Crippen LogP) is 3.10. The van der Waals surface area contributed by atoms with Gasteiger partial charge in [0.1, 0.15) is 17.4 Å². The summed E-state index contributed by atoms with van der Waals surface area (Å²) in [5.41, 5.74) is 7.75. The zero-order valence-corrected chi connectivity index (χ0v) is 13.1. The number of benzene rings is 2. The van der Waals surface area contributed by atoms with Gasteiger partial charge in [-0.25, -0.2) is 9.97 Å². The summed E-state index contributed by atoms with van der Waals surface area (Å²) in [5, 5.41) is 4.38. The molecule has 3 N–H and O–H groups in total. The minimum atomic E-state index is 0.322. The van der Waals surface area contributed by atoms with Crippen molar-refractivity contribution in [2.45, 2.75) is 20.0 Å². The van der Waals surface area contributed by atoms with E-state index >= 15 is 0 Å². The molecule has 1 aromatic heterocycles. The van der Waals surface area contributed by atoms with E-state index in [0.717, 1.165) is 28.0 Å². The standard InChI is InChI=1S/C18H20N4O/c1-2-23-14-9-7-13(8-10-14)12-20-18-15-5-3-4-6-16(15)21-17(11-19)22-18/h3-10H,2,11-12,19H2,1H3,(H,20,21,22). The number of aromatic nitrogens is 2. The molecule has 0 aliphatic carbocycles. The summed E-state index contributed by atoms with van der Waals surface area (Å²) in [5.74, 6) is 2.33. The molecule has 0 radical (unpaired) electrons. The van der Waals surface area contributed by atoms with E-state index in [9.17, 15) is 0 Å². The summed E-state index contributed by atoms with van der Waals surface area (Å²) >= 11 is 0. The van der Waals surface area contributed by atoms with E-state index in [2.05, 4.69) is 15.3 Å². The molecule has 0 fully saturated rings. The predicted molar refractivity (Wildman–Crippen MR) is 92.4 cm³/mol. The first-order valence-electron chi connectivity index (χ1n) is 7.71. The van der Waals surface area contributed by atoms with E-state index in [1.807, 2.05) is 55.5 Å². The lowest BCUT2D eigenvalue weighted by Gasteiger charge is -2.11. The number of anilines is 1. The van der Waals surface area contributed by atoms with Crippen LogP contribution in [0.25, 0.3) is 10.9 Å². The summed E-state index contributed by atoms with van der Waals surface area (Å²) in [6.07, 6.45) is 0. The molecule has 5 nitrogen and oxygen atoms in total. The summed E-state index contributed by atoms with van der Waals surface area (Å²) in [6, 6.07) is 16.0. The maximum Gasteiger partial charge on any atom is 0.144 e. The number of nitrogens with zero attached hydrogens (tertiary/aromatic N) is 2. The highest BCUT2D eigenvalue weighted by atomic mass is 16.5. The third kappa shape index (κ3) is 3.57. The molecule has 0 bridgehead atoms. The number of hydrogen-bond acceptors (Lipinski definition) is 5. The van der Waals surface area contributed by atoms with Gasteiger partial charge in [0.2, 0.25) is 0 Å². The van der Waals surface area contributed by atoms with Crippen LogP contribution in [0.1, 0.15) is 18.3 Å². The van der Waals surface area contributed by atoms with Gasteiger partial charge in [-0.05, 0) is 36.8 Å². The van der Waals surface area contributed by atoms with Gasteiger partial charge in [0.05, 0.1) is 18.7 Å². The van der Waals surface area contributed by atoms with E-state index in [-0.39, 0.29) is 0 Å². The average Bonchev–Trinajstić information content (AvgIpc) is 2.61. The molecule has 1 heterocycles. The van der Waals surface area contributed by atoms with Crippen molar-refractivity contribution in [3.8, 4) is 5.75 Å². The van der Waals surface area contributed by atoms with Crippen LogP contribution in [-0.4, -0.2) is 16.6 Å². The molecule has 3 rings (SSSR count). The molecule has 0 saturated heterocycles. The van der Waals surface area contributed by atoms with Crippen molar-refractivity contribution in [1.82, 2.24) is 9.97 Å². The van der Waals surface area contributed by atoms with Gasteiger partial charge in [-0.3, -0.25) is 0 Å². The Morgan fingerprint density at radius 3 is 2.57 bits per heavy atom. The minimum absolute atomic E-state index is 0.322. The Balaban J connectivity index is 1.80. The van der Waals surface area contributed by atoms with E-state index < -0.39 is 0 Å². The molecule has 3 aromatic rings. The van der Waals surface area contributed by atoms with Crippen molar-refractivity contribution >= 4 is 16.7 Å². The highest BCUT2D eigenvalue weighted by molar-refractivity contribution is 5.88. The Kier molecular flexibility index (Phi) is 4.68. The number of fused-ring (bicyclic) bond motifs is 1. The van der Waals surface area contributed by atoms with Crippen LogP contribution in [-0.2, 0) is 13.1 Å². The SMILES string of the molecule is CCOc1ccc(CNc2nc(CN)nc3ccccc23)cc1. The number of ether oxygens (including phenoxy) is 1. The van der Waals surface area contributed by atoms with Crippen molar-refractivity contribution in [2.75, 3.05) is 11.9 Å². The van der Waals surface area contributed by atoms with E-state index in [1.54, 1.807) is 0 Å². The molecule has 0 spiro atoms. The van der Waals surface area contributed by atoms with Crippen LogP contribution in [0.2, 0.25) is 0 Å². The maximum absolute atomic E-state index is 5.70. The molecule has 5 heteroatoms. The van der Waals surface area contributed by atoms with Crippen molar-refractivity contribution in [2.24, 2.45) is 5.73 Å². The first-order valence-corrected chi connectivity index (χ1v) is 7.71. The fraction of sp³-hybridized carbons (Fsp3) is 0.222. The van der Waals surface area contributed by atoms with Gasteiger partial charge in [-0.2, -0.15) is 0 Å². The largest absolute Gasteiger partial charge is 0.494 e. The lowest BCUT2D eigenvalue weighted by Crippen LogP contribution is -2.08. The number of nitrogens with one attached hydrogen (secondary N) is 1. The van der Waals surface area contributed by atoms with Crippen molar-refractivity contribution < 1.29 is 4.74 Å². The third-order valence-corrected chi connectivity index (χ3v) is 3.53. The lowest BCUT2D eigenvalue weighted by atomic mass is 10.2. The first-order chi connectivity index (χ1) is 11.3. The Hall–Kier alpha value is -2.66. The average molecular weight is 308 g/mol. The van der Waals surface area contributed by atoms with Crippen LogP contribution in [0, 0.1) is 0 Å². The molecule has 0 saturated carbocycles. The van der Waals surface area contributed by atoms with Crippen LogP contribution < -0.4 is 15.8 Å². The highest BCUT2D eigenvalue weighted by Gasteiger charge is 2.06. The third-order valence-electron chi connectivity index (χ3n) is 3.53. The maximum atomic E-state index is 5.70. The number of para-hydroxylation sites is 1. The van der Waals surface area contributed by atoms with E-state index in [1.165, 1.54) is 0 Å². The number of nitrogens with two attached hydrogens (primary N) is 1. The molecule has 0 amide bonds. The van der Waals surface area contributed by atoms with Gasteiger partial charge in [-0.15, -0.1) is 0 Å². The van der Waals surface area contributed by atoms with Gasteiger partial charge >= 0.3 is 0 Å². The van der Waals surface area contributed by atoms with Crippen LogP contribution in [0.3, 0.4) is 0 Å².